The minimum Gasteiger partial charge on any atom is -0.382 e. The lowest BCUT2D eigenvalue weighted by Gasteiger charge is -2.44. The van der Waals surface area contributed by atoms with E-state index in [9.17, 15) is 0 Å². The lowest BCUT2D eigenvalue weighted by Crippen LogP contribution is -2.54. The maximum Gasteiger partial charge on any atom is 0.157 e. The van der Waals surface area contributed by atoms with Crippen molar-refractivity contribution in [2.45, 2.75) is 71.4 Å². The number of halogens is 1. The second-order valence-corrected chi connectivity index (χ2v) is 22.2. The van der Waals surface area contributed by atoms with Crippen LogP contribution in [-0.2, 0) is 12.8 Å². The predicted octanol–water partition coefficient (Wildman–Crippen LogP) is 5.81. The monoisotopic (exact) mass is 504 g/mol. The van der Waals surface area contributed by atoms with Gasteiger partial charge in [-0.25, -0.2) is 9.97 Å². The summed E-state index contributed by atoms with van der Waals surface area (Å²) in [5, 5.41) is 5.12. The summed E-state index contributed by atoms with van der Waals surface area (Å²) in [5.74, 6) is 2.32. The molecule has 164 valence electrons. The van der Waals surface area contributed by atoms with Gasteiger partial charge in [0.15, 0.2) is 8.24 Å². The molecule has 0 atom stereocenters. The number of aromatic nitrogens is 2. The molecule has 2 aliphatic heterocycles. The highest BCUT2D eigenvalue weighted by Gasteiger charge is 2.44. The molecular weight excluding hydrogens is 468 g/mol. The zero-order valence-electron chi connectivity index (χ0n) is 19.9. The van der Waals surface area contributed by atoms with Gasteiger partial charge in [0.05, 0.1) is 8.07 Å². The first kappa shape index (κ1) is 23.5. The van der Waals surface area contributed by atoms with Crippen LogP contribution in [0.25, 0.3) is 0 Å². The van der Waals surface area contributed by atoms with E-state index in [0.29, 0.717) is 5.04 Å². The SMILES string of the molecule is CC(C)(C)[Si](C)(C)N1CCc2cc(Br)cnc21.C[Si](C)(C)c1cnc2c(c1)CCN2. The second kappa shape index (κ2) is 8.39. The van der Waals surface area contributed by atoms with Crippen LogP contribution in [0, 0.1) is 0 Å². The topological polar surface area (TPSA) is 41.1 Å². The number of hydrogen-bond acceptors (Lipinski definition) is 4. The van der Waals surface area contributed by atoms with Gasteiger partial charge in [0.2, 0.25) is 0 Å². The molecule has 2 aromatic rings. The number of hydrogen-bond donors (Lipinski definition) is 1. The summed E-state index contributed by atoms with van der Waals surface area (Å²) in [7, 11) is -2.65. The van der Waals surface area contributed by atoms with Crippen molar-refractivity contribution < 1.29 is 0 Å². The van der Waals surface area contributed by atoms with Gasteiger partial charge in [0.1, 0.15) is 11.6 Å². The van der Waals surface area contributed by atoms with E-state index in [1.807, 2.05) is 12.4 Å². The fourth-order valence-corrected chi connectivity index (χ4v) is 7.42. The average molecular weight is 506 g/mol. The van der Waals surface area contributed by atoms with Crippen LogP contribution in [0.15, 0.2) is 29.0 Å². The van der Waals surface area contributed by atoms with Crippen LogP contribution in [0.3, 0.4) is 0 Å². The van der Waals surface area contributed by atoms with Crippen molar-refractivity contribution in [1.82, 2.24) is 9.97 Å². The van der Waals surface area contributed by atoms with Gasteiger partial charge < -0.3 is 9.88 Å². The van der Waals surface area contributed by atoms with Crippen LogP contribution in [0.4, 0.5) is 11.6 Å². The van der Waals surface area contributed by atoms with E-state index in [4.69, 9.17) is 0 Å². The molecule has 0 fully saturated rings. The Balaban J connectivity index is 0.000000177. The number of fused-ring (bicyclic) bond motifs is 2. The Bertz CT molecular complexity index is 916. The van der Waals surface area contributed by atoms with E-state index < -0.39 is 16.3 Å². The molecule has 0 saturated carbocycles. The average Bonchev–Trinajstić information content (AvgIpc) is 3.26. The third-order valence-electron chi connectivity index (χ3n) is 6.80. The Morgan fingerprint density at radius 3 is 2.30 bits per heavy atom. The molecule has 0 bridgehead atoms. The Labute approximate surface area is 193 Å². The number of pyridine rings is 2. The Morgan fingerprint density at radius 2 is 1.67 bits per heavy atom. The smallest absolute Gasteiger partial charge is 0.157 e. The molecule has 7 heteroatoms. The van der Waals surface area contributed by atoms with Crippen molar-refractivity contribution in [1.29, 1.82) is 0 Å². The van der Waals surface area contributed by atoms with E-state index >= 15 is 0 Å². The van der Waals surface area contributed by atoms with E-state index in [1.54, 1.807) is 0 Å². The van der Waals surface area contributed by atoms with Gasteiger partial charge in [-0.15, -0.1) is 0 Å². The zero-order valence-corrected chi connectivity index (χ0v) is 23.4. The third-order valence-corrected chi connectivity index (χ3v) is 14.7. The van der Waals surface area contributed by atoms with E-state index in [0.717, 1.165) is 36.2 Å². The van der Waals surface area contributed by atoms with Gasteiger partial charge >= 0.3 is 0 Å². The zero-order chi connectivity index (χ0) is 22.3. The van der Waals surface area contributed by atoms with Crippen LogP contribution in [0.1, 0.15) is 31.9 Å². The second-order valence-electron chi connectivity index (χ2n) is 11.0. The fourth-order valence-electron chi connectivity index (χ4n) is 3.77. The molecule has 4 heterocycles. The molecular formula is C23H37BrN4Si2. The van der Waals surface area contributed by atoms with Crippen molar-refractivity contribution in [3.05, 3.63) is 40.1 Å². The van der Waals surface area contributed by atoms with Crippen LogP contribution in [0.5, 0.6) is 0 Å². The molecule has 2 aromatic heterocycles. The van der Waals surface area contributed by atoms with Crippen LogP contribution < -0.4 is 15.1 Å². The Kier molecular flexibility index (Phi) is 6.57. The minimum absolute atomic E-state index is 0.364. The molecule has 0 unspecified atom stereocenters. The summed E-state index contributed by atoms with van der Waals surface area (Å²) in [5.41, 5.74) is 2.80. The summed E-state index contributed by atoms with van der Waals surface area (Å²) in [4.78, 5) is 9.08. The highest BCUT2D eigenvalue weighted by molar-refractivity contribution is 9.10. The first-order valence-corrected chi connectivity index (χ1v) is 18.2. The summed E-state index contributed by atoms with van der Waals surface area (Å²) in [6.45, 7) is 21.2. The lowest BCUT2D eigenvalue weighted by atomic mass is 10.2. The molecule has 4 nitrogen and oxygen atoms in total. The van der Waals surface area contributed by atoms with Gasteiger partial charge in [0.25, 0.3) is 0 Å². The summed E-state index contributed by atoms with van der Waals surface area (Å²) in [6, 6.07) is 4.56. The highest BCUT2D eigenvalue weighted by Crippen LogP contribution is 2.43. The summed E-state index contributed by atoms with van der Waals surface area (Å²) in [6.07, 6.45) is 6.24. The quantitative estimate of drug-likeness (QED) is 0.524. The van der Waals surface area contributed by atoms with E-state index in [-0.39, 0.29) is 0 Å². The number of rotatable bonds is 2. The molecule has 2 aliphatic rings. The van der Waals surface area contributed by atoms with Crippen molar-refractivity contribution >= 4 is 49.1 Å². The number of nitrogens with zero attached hydrogens (tertiary/aromatic N) is 3. The van der Waals surface area contributed by atoms with E-state index in [1.165, 1.54) is 22.1 Å². The summed E-state index contributed by atoms with van der Waals surface area (Å²) < 4.78 is 3.68. The molecule has 0 aliphatic carbocycles. The van der Waals surface area contributed by atoms with E-state index in [2.05, 4.69) is 101 Å². The first-order chi connectivity index (χ1) is 13.8. The largest absolute Gasteiger partial charge is 0.382 e. The number of anilines is 2. The van der Waals surface area contributed by atoms with Crippen molar-refractivity contribution in [3.63, 3.8) is 0 Å². The maximum atomic E-state index is 4.63. The van der Waals surface area contributed by atoms with Gasteiger partial charge in [-0.2, -0.15) is 0 Å². The molecule has 4 rings (SSSR count). The number of nitrogens with one attached hydrogen (secondary N) is 1. The Morgan fingerprint density at radius 1 is 0.967 bits per heavy atom. The van der Waals surface area contributed by atoms with Gasteiger partial charge in [-0.3, -0.25) is 0 Å². The predicted molar refractivity (Wildman–Crippen MR) is 140 cm³/mol. The molecule has 0 radical (unpaired) electrons. The molecule has 0 aromatic carbocycles. The van der Waals surface area contributed by atoms with Crippen LogP contribution >= 0.6 is 15.9 Å². The van der Waals surface area contributed by atoms with Crippen molar-refractivity contribution in [3.8, 4) is 0 Å². The van der Waals surface area contributed by atoms with Gasteiger partial charge in [-0.1, -0.05) is 59.6 Å². The van der Waals surface area contributed by atoms with Crippen LogP contribution in [0.2, 0.25) is 37.8 Å². The molecule has 0 amide bonds. The maximum absolute atomic E-state index is 4.63. The normalized spacial score (nSPS) is 15.8. The Hall–Kier alpha value is -1.19. The molecule has 30 heavy (non-hydrogen) atoms. The highest BCUT2D eigenvalue weighted by atomic mass is 79.9. The van der Waals surface area contributed by atoms with Crippen LogP contribution in [-0.4, -0.2) is 39.4 Å². The van der Waals surface area contributed by atoms with Crippen molar-refractivity contribution in [2.75, 3.05) is 23.0 Å². The molecule has 0 spiro atoms. The molecule has 1 N–H and O–H groups in total. The first-order valence-electron chi connectivity index (χ1n) is 11.0. The lowest BCUT2D eigenvalue weighted by molar-refractivity contribution is 0.706. The van der Waals surface area contributed by atoms with Gasteiger partial charge in [0, 0.05) is 30.0 Å². The molecule has 0 saturated heterocycles. The minimum atomic E-state index is -1.48. The summed E-state index contributed by atoms with van der Waals surface area (Å²) >= 11 is 3.51. The fraction of sp³-hybridized carbons (Fsp3) is 0.565. The third kappa shape index (κ3) is 4.83. The standard InChI is InChI=1S/C13H21BrN2Si.C10H16N2Si/c1-13(2,3)17(4,5)16-7-6-10-8-11(14)9-15-12(10)16;1-13(2,3)9-6-8-4-5-11-10(8)12-7-9/h8-9H,6-7H2,1-5H3;6-7H,4-5H2,1-3H3,(H,11,12). The van der Waals surface area contributed by atoms with Crippen molar-refractivity contribution in [2.24, 2.45) is 0 Å². The van der Waals surface area contributed by atoms with Gasteiger partial charge in [-0.05, 0) is 56.2 Å².